The van der Waals surface area contributed by atoms with Crippen molar-refractivity contribution in [2.45, 2.75) is 25.8 Å². The minimum absolute atomic E-state index is 0.0488. The summed E-state index contributed by atoms with van der Waals surface area (Å²) < 4.78 is 13.4. The third-order valence-electron chi connectivity index (χ3n) is 5.71. The Bertz CT molecular complexity index is 1170. The number of anilines is 1. The molecule has 3 aromatic rings. The number of rotatable bonds is 4. The molecule has 0 aromatic heterocycles. The van der Waals surface area contributed by atoms with Crippen LogP contribution in [-0.4, -0.2) is 37.0 Å². The first kappa shape index (κ1) is 21.6. The van der Waals surface area contributed by atoms with Gasteiger partial charge in [-0.2, -0.15) is 0 Å². The second-order valence-electron chi connectivity index (χ2n) is 8.44. The fraction of sp³-hybridized carbons (Fsp3) is 0.231. The summed E-state index contributed by atoms with van der Waals surface area (Å²) >= 11 is 0. The number of hydrogen-bond acceptors (Lipinski definition) is 2. The summed E-state index contributed by atoms with van der Waals surface area (Å²) in [6.07, 6.45) is 1.50. The number of hydrogen-bond donors (Lipinski definition) is 2. The van der Waals surface area contributed by atoms with E-state index < -0.39 is 0 Å². The zero-order valence-corrected chi connectivity index (χ0v) is 18.4. The van der Waals surface area contributed by atoms with E-state index in [0.29, 0.717) is 11.3 Å². The van der Waals surface area contributed by atoms with Gasteiger partial charge in [-0.25, -0.2) is 9.18 Å². The average Bonchev–Trinajstić information content (AvgIpc) is 3.15. The molecule has 0 spiro atoms. The molecule has 2 N–H and O–H groups in total. The van der Waals surface area contributed by atoms with E-state index in [1.165, 1.54) is 22.6 Å². The number of carbonyl (C=O) groups excluding carboxylic acids is 2. The van der Waals surface area contributed by atoms with E-state index in [0.717, 1.165) is 35.1 Å². The first-order valence-electron chi connectivity index (χ1n) is 10.6. The Balaban J connectivity index is 1.53. The number of urea groups is 1. The minimum Gasteiger partial charge on any atom is -0.335 e. The average molecular weight is 432 g/mol. The molecular weight excluding hydrogens is 405 g/mol. The molecule has 3 amide bonds. The van der Waals surface area contributed by atoms with Crippen LogP contribution in [0.25, 0.3) is 11.1 Å². The molecule has 0 saturated carbocycles. The van der Waals surface area contributed by atoms with Gasteiger partial charge in [0.2, 0.25) is 0 Å². The lowest BCUT2D eigenvalue weighted by atomic mass is 9.97. The predicted octanol–water partition coefficient (Wildman–Crippen LogP) is 4.79. The van der Waals surface area contributed by atoms with E-state index in [2.05, 4.69) is 10.6 Å². The smallest absolute Gasteiger partial charge is 0.317 e. The van der Waals surface area contributed by atoms with E-state index in [4.69, 9.17) is 0 Å². The van der Waals surface area contributed by atoms with Gasteiger partial charge in [-0.15, -0.1) is 0 Å². The van der Waals surface area contributed by atoms with Gasteiger partial charge < -0.3 is 15.5 Å². The van der Waals surface area contributed by atoms with Crippen molar-refractivity contribution in [3.8, 4) is 11.1 Å². The van der Waals surface area contributed by atoms with Crippen LogP contribution in [0, 0.1) is 12.7 Å². The van der Waals surface area contributed by atoms with Gasteiger partial charge in [0.25, 0.3) is 5.91 Å². The summed E-state index contributed by atoms with van der Waals surface area (Å²) in [6, 6.07) is 17.6. The summed E-state index contributed by atoms with van der Waals surface area (Å²) in [5.74, 6) is -0.534. The van der Waals surface area contributed by atoms with Crippen LogP contribution in [0.4, 0.5) is 14.9 Å². The molecule has 1 atom stereocenters. The first-order chi connectivity index (χ1) is 15.3. The van der Waals surface area contributed by atoms with Crippen LogP contribution >= 0.6 is 0 Å². The number of aryl methyl sites for hydroxylation is 1. The largest absolute Gasteiger partial charge is 0.335 e. The van der Waals surface area contributed by atoms with Gasteiger partial charge in [0.05, 0.1) is 0 Å². The molecule has 0 fully saturated rings. The van der Waals surface area contributed by atoms with Gasteiger partial charge in [0.15, 0.2) is 0 Å². The second-order valence-corrected chi connectivity index (χ2v) is 8.44. The lowest BCUT2D eigenvalue weighted by Crippen LogP contribution is -2.41. The van der Waals surface area contributed by atoms with Crippen LogP contribution < -0.4 is 10.6 Å². The van der Waals surface area contributed by atoms with E-state index in [9.17, 15) is 14.0 Å². The summed E-state index contributed by atoms with van der Waals surface area (Å²) in [6.45, 7) is 1.93. The molecule has 0 bridgehead atoms. The van der Waals surface area contributed by atoms with Crippen LogP contribution in [0.1, 0.15) is 27.0 Å². The van der Waals surface area contributed by atoms with Crippen LogP contribution in [0.2, 0.25) is 0 Å². The Labute approximate surface area is 187 Å². The molecule has 3 aromatic carbocycles. The van der Waals surface area contributed by atoms with E-state index in [-0.39, 0.29) is 23.8 Å². The third kappa shape index (κ3) is 4.64. The van der Waals surface area contributed by atoms with Crippen molar-refractivity contribution in [3.05, 3.63) is 88.7 Å². The van der Waals surface area contributed by atoms with Crippen molar-refractivity contribution >= 4 is 17.6 Å². The lowest BCUT2D eigenvalue weighted by molar-refractivity contribution is 0.102. The SMILES string of the molecule is Cc1ccc(-c2ccc(F)cc2)c(C(=O)Nc2ccc3c(c2)CC(NC(=O)N(C)C)C3)c1. The van der Waals surface area contributed by atoms with Gasteiger partial charge in [-0.1, -0.05) is 35.9 Å². The van der Waals surface area contributed by atoms with Crippen LogP contribution in [0.5, 0.6) is 0 Å². The van der Waals surface area contributed by atoms with Gasteiger partial charge in [-0.05, 0) is 72.4 Å². The monoisotopic (exact) mass is 431 g/mol. The number of halogens is 1. The third-order valence-corrected chi connectivity index (χ3v) is 5.71. The van der Waals surface area contributed by atoms with E-state index >= 15 is 0 Å². The fourth-order valence-electron chi connectivity index (χ4n) is 4.03. The molecule has 0 heterocycles. The zero-order chi connectivity index (χ0) is 22.8. The first-order valence-corrected chi connectivity index (χ1v) is 10.6. The summed E-state index contributed by atoms with van der Waals surface area (Å²) in [4.78, 5) is 26.6. The van der Waals surface area contributed by atoms with Crippen molar-refractivity contribution in [1.29, 1.82) is 0 Å². The highest BCUT2D eigenvalue weighted by atomic mass is 19.1. The number of nitrogens with zero attached hydrogens (tertiary/aromatic N) is 1. The summed E-state index contributed by atoms with van der Waals surface area (Å²) in [5.41, 5.74) is 6.04. The number of benzene rings is 3. The van der Waals surface area contributed by atoms with Crippen molar-refractivity contribution in [2.24, 2.45) is 0 Å². The van der Waals surface area contributed by atoms with Crippen molar-refractivity contribution < 1.29 is 14.0 Å². The normalized spacial score (nSPS) is 14.6. The van der Waals surface area contributed by atoms with Gasteiger partial charge in [0.1, 0.15) is 5.82 Å². The Hall–Kier alpha value is -3.67. The Morgan fingerprint density at radius 1 is 0.938 bits per heavy atom. The molecule has 164 valence electrons. The lowest BCUT2D eigenvalue weighted by Gasteiger charge is -2.16. The Kier molecular flexibility index (Phi) is 5.95. The number of amides is 3. The van der Waals surface area contributed by atoms with Crippen LogP contribution in [0.15, 0.2) is 60.7 Å². The van der Waals surface area contributed by atoms with E-state index in [1.54, 1.807) is 26.2 Å². The van der Waals surface area contributed by atoms with Crippen LogP contribution in [0.3, 0.4) is 0 Å². The van der Waals surface area contributed by atoms with Gasteiger partial charge in [0, 0.05) is 31.4 Å². The van der Waals surface area contributed by atoms with Crippen molar-refractivity contribution in [1.82, 2.24) is 10.2 Å². The molecule has 0 saturated heterocycles. The molecule has 0 aliphatic heterocycles. The van der Waals surface area contributed by atoms with Gasteiger partial charge >= 0.3 is 6.03 Å². The predicted molar refractivity (Wildman–Crippen MR) is 124 cm³/mol. The topological polar surface area (TPSA) is 61.4 Å². The highest BCUT2D eigenvalue weighted by Crippen LogP contribution is 2.28. The Morgan fingerprint density at radius 2 is 1.66 bits per heavy atom. The zero-order valence-electron chi connectivity index (χ0n) is 18.4. The maximum atomic E-state index is 13.4. The number of carbonyl (C=O) groups is 2. The number of fused-ring (bicyclic) bond motifs is 1. The molecule has 6 heteroatoms. The maximum absolute atomic E-state index is 13.4. The molecule has 1 aliphatic rings. The molecule has 4 rings (SSSR count). The standard InChI is InChI=1S/C26H26FN3O2/c1-16-4-11-23(17-5-8-20(27)9-6-17)24(12-16)25(31)28-21-10-7-18-13-22(15-19(18)14-21)29-26(32)30(2)3/h4-12,14,22H,13,15H2,1-3H3,(H,28,31)(H,29,32). The summed E-state index contributed by atoms with van der Waals surface area (Å²) in [5, 5.41) is 6.02. The summed E-state index contributed by atoms with van der Waals surface area (Å²) in [7, 11) is 3.44. The van der Waals surface area contributed by atoms with Crippen molar-refractivity contribution in [3.63, 3.8) is 0 Å². The van der Waals surface area contributed by atoms with E-state index in [1.807, 2.05) is 43.3 Å². The molecule has 5 nitrogen and oxygen atoms in total. The highest BCUT2D eigenvalue weighted by molar-refractivity contribution is 6.09. The van der Waals surface area contributed by atoms with Crippen molar-refractivity contribution in [2.75, 3.05) is 19.4 Å². The molecular formula is C26H26FN3O2. The number of nitrogens with one attached hydrogen (secondary N) is 2. The molecule has 1 unspecified atom stereocenters. The maximum Gasteiger partial charge on any atom is 0.317 e. The molecule has 1 aliphatic carbocycles. The Morgan fingerprint density at radius 3 is 2.38 bits per heavy atom. The highest BCUT2D eigenvalue weighted by Gasteiger charge is 2.24. The molecule has 0 radical (unpaired) electrons. The second kappa shape index (κ2) is 8.83. The fourth-order valence-corrected chi connectivity index (χ4v) is 4.03. The van der Waals surface area contributed by atoms with Crippen LogP contribution in [-0.2, 0) is 12.8 Å². The minimum atomic E-state index is -0.315. The van der Waals surface area contributed by atoms with Gasteiger partial charge in [-0.3, -0.25) is 4.79 Å². The molecule has 32 heavy (non-hydrogen) atoms. The quantitative estimate of drug-likeness (QED) is 0.624.